The van der Waals surface area contributed by atoms with Crippen molar-refractivity contribution in [1.29, 1.82) is 0 Å². The van der Waals surface area contributed by atoms with Crippen LogP contribution in [0, 0.1) is 5.41 Å². The molecule has 4 heterocycles. The SMILES string of the molecule is CCOc1cncc(-c2cnc(C(=O)N[C@@H](CCN3CCC4(CC4)C3)c3cc(NS(=O)(=O)C4CC4)ccn3)s2)n1. The molecule has 2 aliphatic carbocycles. The summed E-state index contributed by atoms with van der Waals surface area (Å²) in [5.41, 5.74) is 2.16. The Morgan fingerprint density at radius 3 is 2.83 bits per heavy atom. The quantitative estimate of drug-likeness (QED) is 0.327. The van der Waals surface area contributed by atoms with Crippen molar-refractivity contribution in [2.24, 2.45) is 5.41 Å². The van der Waals surface area contributed by atoms with Crippen LogP contribution in [0.2, 0.25) is 0 Å². The smallest absolute Gasteiger partial charge is 0.280 e. The lowest BCUT2D eigenvalue weighted by Crippen LogP contribution is -2.33. The molecule has 3 fully saturated rings. The first kappa shape index (κ1) is 27.0. The van der Waals surface area contributed by atoms with Gasteiger partial charge in [-0.05, 0) is 69.5 Å². The lowest BCUT2D eigenvalue weighted by Gasteiger charge is -2.22. The van der Waals surface area contributed by atoms with E-state index >= 15 is 0 Å². The van der Waals surface area contributed by atoms with Gasteiger partial charge in [-0.2, -0.15) is 0 Å². The molecular weight excluding hydrogens is 550 g/mol. The molecule has 1 spiro atoms. The van der Waals surface area contributed by atoms with Gasteiger partial charge in [-0.15, -0.1) is 11.3 Å². The number of nitrogens with one attached hydrogen (secondary N) is 2. The van der Waals surface area contributed by atoms with E-state index < -0.39 is 16.1 Å². The van der Waals surface area contributed by atoms with E-state index in [1.165, 1.54) is 30.6 Å². The first-order valence-corrected chi connectivity index (χ1v) is 16.1. The van der Waals surface area contributed by atoms with Gasteiger partial charge in [0.25, 0.3) is 5.91 Å². The minimum absolute atomic E-state index is 0.298. The number of rotatable bonds is 12. The molecule has 2 saturated carbocycles. The van der Waals surface area contributed by atoms with Crippen molar-refractivity contribution >= 4 is 33.0 Å². The average molecular weight is 584 g/mol. The summed E-state index contributed by atoms with van der Waals surface area (Å²) in [4.78, 5) is 34.0. The Balaban J connectivity index is 1.19. The molecule has 1 saturated heterocycles. The molecule has 0 aromatic carbocycles. The number of likely N-dealkylation sites (tertiary alicyclic amines) is 1. The molecule has 212 valence electrons. The first-order valence-electron chi connectivity index (χ1n) is 13.7. The van der Waals surface area contributed by atoms with Crippen LogP contribution in [-0.4, -0.2) is 70.7 Å². The van der Waals surface area contributed by atoms with E-state index in [-0.39, 0.29) is 11.2 Å². The van der Waals surface area contributed by atoms with Gasteiger partial charge < -0.3 is 15.0 Å². The number of amides is 1. The van der Waals surface area contributed by atoms with Crippen LogP contribution < -0.4 is 14.8 Å². The number of carbonyl (C=O) groups is 1. The highest BCUT2D eigenvalue weighted by Crippen LogP contribution is 2.52. The van der Waals surface area contributed by atoms with E-state index in [0.717, 1.165) is 19.6 Å². The highest BCUT2D eigenvalue weighted by Gasteiger charge is 2.47. The van der Waals surface area contributed by atoms with E-state index in [4.69, 9.17) is 4.74 Å². The van der Waals surface area contributed by atoms with E-state index in [1.807, 2.05) is 6.92 Å². The van der Waals surface area contributed by atoms with Gasteiger partial charge in [0.1, 0.15) is 5.69 Å². The first-order chi connectivity index (χ1) is 19.3. The van der Waals surface area contributed by atoms with E-state index in [1.54, 1.807) is 36.9 Å². The number of hydrogen-bond acceptors (Lipinski definition) is 10. The van der Waals surface area contributed by atoms with Gasteiger partial charge in [0, 0.05) is 25.5 Å². The standard InChI is InChI=1S/C27H33N7O4S2/c1-2-38-24-16-28-14-22(31-24)23-15-30-26(39-23)25(35)32-20(6-11-34-12-9-27(17-34)7-8-27)21-13-18(5-10-29-21)33-40(36,37)19-3-4-19/h5,10,13-16,19-20H,2-4,6-9,11-12,17H2,1H3,(H,29,33)(H,32,35)/t20-/m0/s1. The molecule has 6 rings (SSSR count). The van der Waals surface area contributed by atoms with Gasteiger partial charge in [-0.1, -0.05) is 0 Å². The number of anilines is 1. The van der Waals surface area contributed by atoms with Crippen molar-refractivity contribution in [3.8, 4) is 16.5 Å². The van der Waals surface area contributed by atoms with Crippen LogP contribution in [0.4, 0.5) is 5.69 Å². The van der Waals surface area contributed by atoms with Crippen molar-refractivity contribution in [3.63, 3.8) is 0 Å². The van der Waals surface area contributed by atoms with Crippen molar-refractivity contribution in [1.82, 2.24) is 30.2 Å². The second kappa shape index (κ2) is 11.0. The summed E-state index contributed by atoms with van der Waals surface area (Å²) in [5.74, 6) is 0.0960. The Kier molecular flexibility index (Phi) is 7.44. The lowest BCUT2D eigenvalue weighted by molar-refractivity contribution is 0.0930. The molecule has 3 aromatic heterocycles. The maximum absolute atomic E-state index is 13.4. The highest BCUT2D eigenvalue weighted by atomic mass is 32.2. The molecule has 1 atom stereocenters. The zero-order valence-corrected chi connectivity index (χ0v) is 24.0. The molecule has 3 aliphatic rings. The summed E-state index contributed by atoms with van der Waals surface area (Å²) in [7, 11) is -3.41. The second-order valence-corrected chi connectivity index (χ2v) is 13.9. The normalized spacial score (nSPS) is 18.9. The number of carbonyl (C=O) groups excluding carboxylic acids is 1. The number of pyridine rings is 1. The molecule has 13 heteroatoms. The Hall–Kier alpha value is -3.16. The third-order valence-corrected chi connectivity index (χ3v) is 10.6. The van der Waals surface area contributed by atoms with Gasteiger partial charge in [0.15, 0.2) is 5.01 Å². The van der Waals surface area contributed by atoms with Crippen LogP contribution in [0.1, 0.15) is 67.0 Å². The van der Waals surface area contributed by atoms with Crippen molar-refractivity contribution in [2.45, 2.75) is 56.7 Å². The minimum Gasteiger partial charge on any atom is -0.477 e. The number of nitrogens with zero attached hydrogens (tertiary/aromatic N) is 5. The summed E-state index contributed by atoms with van der Waals surface area (Å²) < 4.78 is 33.2. The summed E-state index contributed by atoms with van der Waals surface area (Å²) in [6, 6.07) is 2.95. The van der Waals surface area contributed by atoms with Crippen molar-refractivity contribution in [3.05, 3.63) is 47.6 Å². The fraction of sp³-hybridized carbons (Fsp3) is 0.519. The van der Waals surface area contributed by atoms with Crippen LogP contribution >= 0.6 is 11.3 Å². The third-order valence-electron chi connectivity index (χ3n) is 7.73. The summed E-state index contributed by atoms with van der Waals surface area (Å²) in [5, 5.41) is 3.08. The van der Waals surface area contributed by atoms with Gasteiger partial charge in [-0.3, -0.25) is 19.5 Å². The van der Waals surface area contributed by atoms with E-state index in [9.17, 15) is 13.2 Å². The summed E-state index contributed by atoms with van der Waals surface area (Å²) in [6.07, 6.45) is 12.2. The van der Waals surface area contributed by atoms with Gasteiger partial charge in [0.05, 0.1) is 46.6 Å². The lowest BCUT2D eigenvalue weighted by atomic mass is 10.1. The monoisotopic (exact) mass is 583 g/mol. The van der Waals surface area contributed by atoms with Gasteiger partial charge in [-0.25, -0.2) is 18.4 Å². The largest absolute Gasteiger partial charge is 0.477 e. The fourth-order valence-corrected chi connectivity index (χ4v) is 7.29. The van der Waals surface area contributed by atoms with Gasteiger partial charge in [0.2, 0.25) is 15.9 Å². The summed E-state index contributed by atoms with van der Waals surface area (Å²) >= 11 is 1.23. The van der Waals surface area contributed by atoms with E-state index in [2.05, 4.69) is 34.9 Å². The third kappa shape index (κ3) is 6.26. The molecule has 0 radical (unpaired) electrons. The number of thiazole rings is 1. The van der Waals surface area contributed by atoms with E-state index in [0.29, 0.717) is 64.1 Å². The molecule has 11 nitrogen and oxygen atoms in total. The van der Waals surface area contributed by atoms with Gasteiger partial charge >= 0.3 is 0 Å². The topological polar surface area (TPSA) is 139 Å². The average Bonchev–Trinajstić information content (AvgIpc) is 3.84. The summed E-state index contributed by atoms with van der Waals surface area (Å²) in [6.45, 7) is 5.33. The highest BCUT2D eigenvalue weighted by molar-refractivity contribution is 7.93. The molecule has 0 bridgehead atoms. The number of ether oxygens (including phenoxy) is 1. The number of aromatic nitrogens is 4. The fourth-order valence-electron chi connectivity index (χ4n) is 5.14. The van der Waals surface area contributed by atoms with Crippen LogP contribution in [0.15, 0.2) is 36.9 Å². The minimum atomic E-state index is -3.41. The Morgan fingerprint density at radius 2 is 2.08 bits per heavy atom. The molecule has 40 heavy (non-hydrogen) atoms. The van der Waals surface area contributed by atoms with Crippen molar-refractivity contribution in [2.75, 3.05) is 31.0 Å². The zero-order chi connectivity index (χ0) is 27.7. The molecular formula is C27H33N7O4S2. The Bertz CT molecular complexity index is 1490. The molecule has 1 aliphatic heterocycles. The molecule has 3 aromatic rings. The van der Waals surface area contributed by atoms with Crippen LogP contribution in [0.25, 0.3) is 10.6 Å². The molecule has 2 N–H and O–H groups in total. The Labute approximate surface area is 237 Å². The maximum atomic E-state index is 13.4. The Morgan fingerprint density at radius 1 is 1.23 bits per heavy atom. The van der Waals surface area contributed by atoms with Crippen molar-refractivity contribution < 1.29 is 17.9 Å². The zero-order valence-electron chi connectivity index (χ0n) is 22.4. The van der Waals surface area contributed by atoms with Crippen LogP contribution in [0.5, 0.6) is 5.88 Å². The predicted molar refractivity (Wildman–Crippen MR) is 152 cm³/mol. The second-order valence-electron chi connectivity index (χ2n) is 10.9. The number of sulfonamides is 1. The molecule has 0 unspecified atom stereocenters. The van der Waals surface area contributed by atoms with Crippen LogP contribution in [-0.2, 0) is 10.0 Å². The van der Waals surface area contributed by atoms with Crippen LogP contribution in [0.3, 0.4) is 0 Å². The molecule has 1 amide bonds. The maximum Gasteiger partial charge on any atom is 0.280 e. The predicted octanol–water partition coefficient (Wildman–Crippen LogP) is 3.65. The number of hydrogen-bond donors (Lipinski definition) is 2.